The molecule has 0 unspecified atom stereocenters. The largest absolute Gasteiger partial charge is 0.355 e. The highest BCUT2D eigenvalue weighted by Gasteiger charge is 2.13. The van der Waals surface area contributed by atoms with Gasteiger partial charge in [-0.15, -0.1) is 0 Å². The van der Waals surface area contributed by atoms with Crippen molar-refractivity contribution in [2.45, 2.75) is 13.8 Å². The number of para-hydroxylation sites is 3. The zero-order chi connectivity index (χ0) is 24.5. The minimum atomic E-state index is 1.18. The predicted molar refractivity (Wildman–Crippen MR) is 156 cm³/mol. The zero-order valence-corrected chi connectivity index (χ0v) is 20.6. The molecule has 36 heavy (non-hydrogen) atoms. The molecule has 0 fully saturated rings. The maximum atomic E-state index is 3.53. The van der Waals surface area contributed by atoms with Crippen LogP contribution < -0.4 is 0 Å². The van der Waals surface area contributed by atoms with Crippen LogP contribution in [0.3, 0.4) is 0 Å². The van der Waals surface area contributed by atoms with Gasteiger partial charge in [0.25, 0.3) is 0 Å². The lowest BCUT2D eigenvalue weighted by Gasteiger charge is -2.08. The van der Waals surface area contributed by atoms with Crippen LogP contribution in [0.1, 0.15) is 13.8 Å². The Kier molecular flexibility index (Phi) is 5.63. The molecule has 0 aliphatic heterocycles. The van der Waals surface area contributed by atoms with Gasteiger partial charge in [-0.05, 0) is 73.5 Å². The average Bonchev–Trinajstić information content (AvgIpc) is 3.48. The molecule has 0 atom stereocenters. The van der Waals surface area contributed by atoms with Crippen LogP contribution >= 0.6 is 0 Å². The molecular weight excluding hydrogens is 436 g/mol. The van der Waals surface area contributed by atoms with Gasteiger partial charge in [-0.25, -0.2) is 0 Å². The second kappa shape index (κ2) is 9.24. The summed E-state index contributed by atoms with van der Waals surface area (Å²) in [5.41, 5.74) is 8.48. The first-order valence-electron chi connectivity index (χ1n) is 12.5. The minimum absolute atomic E-state index is 1.18. The zero-order valence-electron chi connectivity index (χ0n) is 20.6. The molecule has 0 radical (unpaired) electrons. The van der Waals surface area contributed by atoms with Crippen molar-refractivity contribution in [3.8, 4) is 16.8 Å². The number of nitrogens with one attached hydrogen (secondary N) is 1. The Bertz CT molecular complexity index is 1850. The molecule has 0 aliphatic rings. The van der Waals surface area contributed by atoms with Gasteiger partial charge in [-0.1, -0.05) is 78.9 Å². The predicted octanol–water partition coefficient (Wildman–Crippen LogP) is 9.67. The van der Waals surface area contributed by atoms with Crippen molar-refractivity contribution in [2.24, 2.45) is 0 Å². The fraction of sp³-hybridized carbons (Fsp3) is 0.0588. The van der Waals surface area contributed by atoms with E-state index >= 15 is 0 Å². The molecule has 5 aromatic carbocycles. The summed E-state index contributed by atoms with van der Waals surface area (Å²) in [5, 5.41) is 5.10. The molecule has 2 aromatic heterocycles. The fourth-order valence-corrected chi connectivity index (χ4v) is 5.04. The summed E-state index contributed by atoms with van der Waals surface area (Å²) >= 11 is 0. The Balaban J connectivity index is 0.000000562. The number of aromatic nitrogens is 2. The molecule has 2 heteroatoms. The third-order valence-corrected chi connectivity index (χ3v) is 6.86. The van der Waals surface area contributed by atoms with Gasteiger partial charge in [-0.2, -0.15) is 0 Å². The number of aromatic amines is 1. The highest BCUT2D eigenvalue weighted by atomic mass is 15.0. The topological polar surface area (TPSA) is 20.7 Å². The van der Waals surface area contributed by atoms with Crippen molar-refractivity contribution >= 4 is 43.6 Å². The second-order valence-electron chi connectivity index (χ2n) is 9.02. The van der Waals surface area contributed by atoms with Crippen LogP contribution in [0.5, 0.6) is 0 Å². The number of hydrogen-bond donors (Lipinski definition) is 1. The summed E-state index contributed by atoms with van der Waals surface area (Å²) in [5.74, 6) is 0. The molecule has 0 amide bonds. The molecule has 2 heterocycles. The number of nitrogens with zero attached hydrogens (tertiary/aromatic N) is 1. The molecule has 0 saturated carbocycles. The molecule has 0 saturated heterocycles. The van der Waals surface area contributed by atoms with Gasteiger partial charge in [0.15, 0.2) is 0 Å². The Morgan fingerprint density at radius 3 is 1.86 bits per heavy atom. The van der Waals surface area contributed by atoms with E-state index in [2.05, 4.69) is 125 Å². The van der Waals surface area contributed by atoms with Crippen molar-refractivity contribution in [3.05, 3.63) is 127 Å². The van der Waals surface area contributed by atoms with E-state index in [4.69, 9.17) is 0 Å². The van der Waals surface area contributed by atoms with E-state index in [9.17, 15) is 0 Å². The first kappa shape index (κ1) is 21.9. The summed E-state index contributed by atoms with van der Waals surface area (Å²) in [6.07, 6.45) is 4.00. The van der Waals surface area contributed by atoms with Crippen molar-refractivity contribution in [2.75, 3.05) is 0 Å². The van der Waals surface area contributed by atoms with Crippen molar-refractivity contribution in [1.29, 1.82) is 0 Å². The normalized spacial score (nSPS) is 11.5. The van der Waals surface area contributed by atoms with Gasteiger partial charge < -0.3 is 9.55 Å². The molecule has 7 aromatic rings. The van der Waals surface area contributed by atoms with Gasteiger partial charge >= 0.3 is 0 Å². The monoisotopic (exact) mass is 464 g/mol. The van der Waals surface area contributed by atoms with Crippen LogP contribution in [-0.4, -0.2) is 9.55 Å². The van der Waals surface area contributed by atoms with Gasteiger partial charge in [-0.3, -0.25) is 0 Å². The SMILES string of the molecule is C/C=C\C.c1ccc(-n2c3ccccc3c3cc(-c4ccc5[nH]c6ccccc6c5c4)ccc32)cc1. The fourth-order valence-electron chi connectivity index (χ4n) is 5.04. The smallest absolute Gasteiger partial charge is 0.0541 e. The van der Waals surface area contributed by atoms with E-state index in [-0.39, 0.29) is 0 Å². The van der Waals surface area contributed by atoms with Crippen LogP contribution in [0.4, 0.5) is 0 Å². The maximum Gasteiger partial charge on any atom is 0.0541 e. The minimum Gasteiger partial charge on any atom is -0.355 e. The molecule has 0 aliphatic carbocycles. The van der Waals surface area contributed by atoms with Gasteiger partial charge in [0.1, 0.15) is 0 Å². The quantitative estimate of drug-likeness (QED) is 0.246. The standard InChI is InChI=1S/C30H20N2.C4H8/c1-2-8-22(9-3-1)32-29-13-7-5-11-24(29)26-19-21(15-17-30(26)32)20-14-16-28-25(18-20)23-10-4-6-12-27(23)31-28;1-3-4-2/h1-19,31H;3-4H,1-2H3/b;4-3-. The van der Waals surface area contributed by atoms with E-state index in [1.54, 1.807) is 0 Å². The molecular formula is C34H28N2. The Morgan fingerprint density at radius 2 is 1.08 bits per heavy atom. The summed E-state index contributed by atoms with van der Waals surface area (Å²) in [7, 11) is 0. The van der Waals surface area contributed by atoms with Crippen LogP contribution in [0.2, 0.25) is 0 Å². The summed E-state index contributed by atoms with van der Waals surface area (Å²) in [6, 6.07) is 41.4. The lowest BCUT2D eigenvalue weighted by molar-refractivity contribution is 1.18. The lowest BCUT2D eigenvalue weighted by Crippen LogP contribution is -1.92. The van der Waals surface area contributed by atoms with E-state index in [0.29, 0.717) is 0 Å². The number of hydrogen-bond acceptors (Lipinski definition) is 0. The average molecular weight is 465 g/mol. The van der Waals surface area contributed by atoms with Gasteiger partial charge in [0.2, 0.25) is 0 Å². The first-order chi connectivity index (χ1) is 17.8. The number of benzene rings is 5. The van der Waals surface area contributed by atoms with Crippen LogP contribution in [0.25, 0.3) is 60.4 Å². The summed E-state index contributed by atoms with van der Waals surface area (Å²) < 4.78 is 2.36. The molecule has 0 bridgehead atoms. The van der Waals surface area contributed by atoms with Crippen molar-refractivity contribution < 1.29 is 0 Å². The highest BCUT2D eigenvalue weighted by molar-refractivity contribution is 6.11. The van der Waals surface area contributed by atoms with Gasteiger partial charge in [0.05, 0.1) is 11.0 Å². The summed E-state index contributed by atoms with van der Waals surface area (Å²) in [4.78, 5) is 3.53. The van der Waals surface area contributed by atoms with E-state index in [1.165, 1.54) is 60.4 Å². The number of rotatable bonds is 2. The maximum absolute atomic E-state index is 3.53. The molecule has 7 rings (SSSR count). The Hall–Kier alpha value is -4.56. The first-order valence-corrected chi connectivity index (χ1v) is 12.5. The number of fused-ring (bicyclic) bond motifs is 6. The van der Waals surface area contributed by atoms with Crippen LogP contribution in [-0.2, 0) is 0 Å². The van der Waals surface area contributed by atoms with E-state index in [1.807, 2.05) is 26.0 Å². The van der Waals surface area contributed by atoms with Crippen molar-refractivity contribution in [1.82, 2.24) is 9.55 Å². The Labute approximate surface area is 211 Å². The highest BCUT2D eigenvalue weighted by Crippen LogP contribution is 2.36. The Morgan fingerprint density at radius 1 is 0.500 bits per heavy atom. The second-order valence-corrected chi connectivity index (χ2v) is 9.02. The van der Waals surface area contributed by atoms with Crippen LogP contribution in [0.15, 0.2) is 127 Å². The third kappa shape index (κ3) is 3.68. The molecule has 2 nitrogen and oxygen atoms in total. The summed E-state index contributed by atoms with van der Waals surface area (Å²) in [6.45, 7) is 4.00. The lowest BCUT2D eigenvalue weighted by atomic mass is 10.0. The van der Waals surface area contributed by atoms with E-state index in [0.717, 1.165) is 0 Å². The van der Waals surface area contributed by atoms with Crippen molar-refractivity contribution in [3.63, 3.8) is 0 Å². The number of H-pyrrole nitrogens is 1. The third-order valence-electron chi connectivity index (χ3n) is 6.86. The molecule has 1 N–H and O–H groups in total. The van der Waals surface area contributed by atoms with E-state index < -0.39 is 0 Å². The molecule has 0 spiro atoms. The van der Waals surface area contributed by atoms with Gasteiger partial charge in [0, 0.05) is 38.3 Å². The van der Waals surface area contributed by atoms with Crippen LogP contribution in [0, 0.1) is 0 Å². The molecule has 174 valence electrons. The number of allylic oxidation sites excluding steroid dienone is 2.